The fourth-order valence-electron chi connectivity index (χ4n) is 3.89. The van der Waals surface area contributed by atoms with Crippen molar-refractivity contribution in [1.29, 1.82) is 5.26 Å². The van der Waals surface area contributed by atoms with Crippen LogP contribution in [0, 0.1) is 17.4 Å². The Labute approximate surface area is 184 Å². The molecule has 0 radical (unpaired) electrons. The number of carbonyl (C=O) groups excluding carboxylic acids is 1. The van der Waals surface area contributed by atoms with Gasteiger partial charge in [-0.25, -0.2) is 0 Å². The molecule has 0 saturated carbocycles. The van der Waals surface area contributed by atoms with Gasteiger partial charge in [-0.3, -0.25) is 9.89 Å². The average Bonchev–Trinajstić information content (AvgIpc) is 3.29. The summed E-state index contributed by atoms with van der Waals surface area (Å²) in [6, 6.07) is 12.2. The number of H-pyrrole nitrogens is 1. The first kappa shape index (κ1) is 22.4. The first-order valence-electron chi connectivity index (χ1n) is 11.0. The highest BCUT2D eigenvalue weighted by atomic mass is 16.1. The summed E-state index contributed by atoms with van der Waals surface area (Å²) in [5, 5.41) is 19.2. The van der Waals surface area contributed by atoms with Crippen molar-refractivity contribution in [2.24, 2.45) is 5.92 Å². The maximum Gasteiger partial charge on any atom is 0.269 e. The van der Waals surface area contributed by atoms with Gasteiger partial charge in [-0.2, -0.15) is 10.4 Å². The molecule has 1 aromatic heterocycles. The van der Waals surface area contributed by atoms with Crippen molar-refractivity contribution in [3.8, 4) is 6.19 Å². The van der Waals surface area contributed by atoms with Crippen LogP contribution in [-0.2, 0) is 6.42 Å². The Hall–Kier alpha value is -3.33. The van der Waals surface area contributed by atoms with Crippen LogP contribution in [0.2, 0.25) is 0 Å². The maximum absolute atomic E-state index is 12.6. The van der Waals surface area contributed by atoms with Gasteiger partial charge in [-0.15, -0.1) is 0 Å². The number of carbonyl (C=O) groups is 1. The number of nitriles is 1. The second-order valence-corrected chi connectivity index (χ2v) is 8.05. The van der Waals surface area contributed by atoms with Crippen LogP contribution < -0.4 is 5.32 Å². The smallest absolute Gasteiger partial charge is 0.269 e. The molecule has 1 aromatic carbocycles. The van der Waals surface area contributed by atoms with Gasteiger partial charge in [-0.1, -0.05) is 55.8 Å². The number of nitrogens with zero attached hydrogens (tertiary/aromatic N) is 3. The first-order valence-corrected chi connectivity index (χ1v) is 11.0. The molecule has 1 amide bonds. The monoisotopic (exact) mass is 417 g/mol. The Morgan fingerprint density at radius 1 is 1.29 bits per heavy atom. The fraction of sp³-hybridized carbons (Fsp3) is 0.400. The zero-order valence-corrected chi connectivity index (χ0v) is 18.4. The number of aromatic nitrogens is 2. The average molecular weight is 418 g/mol. The van der Waals surface area contributed by atoms with Crippen LogP contribution in [0.25, 0.3) is 5.57 Å². The third kappa shape index (κ3) is 6.32. The van der Waals surface area contributed by atoms with Crippen LogP contribution in [0.3, 0.4) is 0 Å². The molecular formula is C25H31N5O. The van der Waals surface area contributed by atoms with Gasteiger partial charge in [0.15, 0.2) is 6.19 Å². The van der Waals surface area contributed by atoms with Crippen molar-refractivity contribution in [3.05, 3.63) is 71.1 Å². The highest BCUT2D eigenvalue weighted by molar-refractivity contribution is 5.93. The molecule has 2 N–H and O–H groups in total. The van der Waals surface area contributed by atoms with Crippen molar-refractivity contribution in [2.75, 3.05) is 20.1 Å². The van der Waals surface area contributed by atoms with Gasteiger partial charge < -0.3 is 10.2 Å². The number of aromatic amines is 1. The minimum absolute atomic E-state index is 0.146. The molecule has 6 nitrogen and oxygen atoms in total. The van der Waals surface area contributed by atoms with E-state index in [9.17, 15) is 4.79 Å². The lowest BCUT2D eigenvalue weighted by molar-refractivity contribution is 0.0945. The van der Waals surface area contributed by atoms with E-state index in [2.05, 4.69) is 65.0 Å². The van der Waals surface area contributed by atoms with E-state index in [0.29, 0.717) is 24.7 Å². The van der Waals surface area contributed by atoms with E-state index < -0.39 is 0 Å². The van der Waals surface area contributed by atoms with E-state index in [1.165, 1.54) is 11.1 Å². The molecule has 31 heavy (non-hydrogen) atoms. The molecule has 3 rings (SSSR count). The molecule has 0 bridgehead atoms. The first-order chi connectivity index (χ1) is 15.1. The van der Waals surface area contributed by atoms with Crippen molar-refractivity contribution in [1.82, 2.24) is 20.4 Å². The number of benzene rings is 1. The third-order valence-electron chi connectivity index (χ3n) is 5.71. The molecule has 0 saturated heterocycles. The molecule has 1 atom stereocenters. The molecule has 1 unspecified atom stereocenters. The summed E-state index contributed by atoms with van der Waals surface area (Å²) in [4.78, 5) is 14.2. The molecule has 0 spiro atoms. The SMILES string of the molecule is CCC(CCNC(=O)c1cc(C2=CCCC=C2Cc2ccccc2)n[nH]1)CN(C)C#N. The number of hydrogen-bond acceptors (Lipinski definition) is 4. The van der Waals surface area contributed by atoms with Gasteiger partial charge in [0, 0.05) is 25.7 Å². The van der Waals surface area contributed by atoms with Gasteiger partial charge >= 0.3 is 0 Å². The van der Waals surface area contributed by atoms with Crippen molar-refractivity contribution < 1.29 is 4.79 Å². The Kier molecular flexibility index (Phi) is 8.05. The summed E-state index contributed by atoms with van der Waals surface area (Å²) >= 11 is 0. The lowest BCUT2D eigenvalue weighted by atomic mass is 9.90. The van der Waals surface area contributed by atoms with E-state index >= 15 is 0 Å². The van der Waals surface area contributed by atoms with Crippen LogP contribution in [-0.4, -0.2) is 41.1 Å². The van der Waals surface area contributed by atoms with E-state index in [0.717, 1.165) is 43.4 Å². The largest absolute Gasteiger partial charge is 0.351 e. The second kappa shape index (κ2) is 11.2. The molecule has 1 heterocycles. The summed E-state index contributed by atoms with van der Waals surface area (Å²) in [6.07, 6.45) is 11.3. The van der Waals surface area contributed by atoms with E-state index in [4.69, 9.17) is 5.26 Å². The van der Waals surface area contributed by atoms with Gasteiger partial charge in [0.05, 0.1) is 5.69 Å². The highest BCUT2D eigenvalue weighted by Crippen LogP contribution is 2.30. The fourth-order valence-corrected chi connectivity index (χ4v) is 3.89. The van der Waals surface area contributed by atoms with Crippen LogP contribution in [0.4, 0.5) is 0 Å². The number of rotatable bonds is 10. The van der Waals surface area contributed by atoms with Crippen molar-refractivity contribution >= 4 is 11.5 Å². The quantitative estimate of drug-likeness (QED) is 0.445. The van der Waals surface area contributed by atoms with Gasteiger partial charge in [0.1, 0.15) is 5.69 Å². The number of nitrogens with one attached hydrogen (secondary N) is 2. The minimum atomic E-state index is -0.146. The molecular weight excluding hydrogens is 386 g/mol. The number of hydrogen-bond donors (Lipinski definition) is 2. The molecule has 0 aliphatic heterocycles. The Morgan fingerprint density at radius 3 is 2.81 bits per heavy atom. The zero-order valence-electron chi connectivity index (χ0n) is 18.4. The van der Waals surface area contributed by atoms with Crippen LogP contribution in [0.5, 0.6) is 0 Å². The summed E-state index contributed by atoms with van der Waals surface area (Å²) in [5.41, 5.74) is 4.92. The van der Waals surface area contributed by atoms with Gasteiger partial charge in [0.2, 0.25) is 0 Å². The summed E-state index contributed by atoms with van der Waals surface area (Å²) in [7, 11) is 1.79. The number of allylic oxidation sites excluding steroid dienone is 4. The lowest BCUT2D eigenvalue weighted by Crippen LogP contribution is -2.29. The predicted molar refractivity (Wildman–Crippen MR) is 123 cm³/mol. The van der Waals surface area contributed by atoms with Crippen molar-refractivity contribution in [3.63, 3.8) is 0 Å². The van der Waals surface area contributed by atoms with Crippen molar-refractivity contribution in [2.45, 2.75) is 39.0 Å². The zero-order chi connectivity index (χ0) is 22.1. The normalized spacial score (nSPS) is 14.2. The maximum atomic E-state index is 12.6. The molecule has 1 aliphatic rings. The molecule has 2 aromatic rings. The third-order valence-corrected chi connectivity index (χ3v) is 5.71. The summed E-state index contributed by atoms with van der Waals surface area (Å²) in [6.45, 7) is 3.39. The Balaban J connectivity index is 1.58. The molecule has 0 fully saturated rings. The summed E-state index contributed by atoms with van der Waals surface area (Å²) < 4.78 is 0. The molecule has 6 heteroatoms. The molecule has 1 aliphatic carbocycles. The van der Waals surface area contributed by atoms with E-state index in [1.54, 1.807) is 11.9 Å². The standard InChI is InChI=1S/C25H31N5O/c1-3-19(17-30(2)18-26)13-14-27-25(31)24-16-23(28-29-24)22-12-8-7-11-21(22)15-20-9-5-4-6-10-20/h4-6,9-12,16,19H,3,7-8,13-15,17H2,1-2H3,(H,27,31)(H,28,29). The Bertz CT molecular complexity index is 967. The Morgan fingerprint density at radius 2 is 2.06 bits per heavy atom. The second-order valence-electron chi connectivity index (χ2n) is 8.05. The number of amides is 1. The van der Waals surface area contributed by atoms with Gasteiger partial charge in [-0.05, 0) is 48.8 Å². The highest BCUT2D eigenvalue weighted by Gasteiger charge is 2.17. The van der Waals surface area contributed by atoms with E-state index in [-0.39, 0.29) is 5.91 Å². The lowest BCUT2D eigenvalue weighted by Gasteiger charge is -2.18. The minimum Gasteiger partial charge on any atom is -0.351 e. The predicted octanol–water partition coefficient (Wildman–Crippen LogP) is 4.31. The van der Waals surface area contributed by atoms with Crippen LogP contribution in [0.1, 0.15) is 54.4 Å². The van der Waals surface area contributed by atoms with E-state index in [1.807, 2.05) is 12.1 Å². The van der Waals surface area contributed by atoms with Crippen LogP contribution in [0.15, 0.2) is 54.1 Å². The molecule has 162 valence electrons. The van der Waals surface area contributed by atoms with Crippen LogP contribution >= 0.6 is 0 Å². The van der Waals surface area contributed by atoms with Gasteiger partial charge in [0.25, 0.3) is 5.91 Å². The topological polar surface area (TPSA) is 84.8 Å². The summed E-state index contributed by atoms with van der Waals surface area (Å²) in [5.74, 6) is 0.229.